The van der Waals surface area contributed by atoms with Crippen molar-refractivity contribution in [3.63, 3.8) is 0 Å². The predicted octanol–water partition coefficient (Wildman–Crippen LogP) is 1.20. The summed E-state index contributed by atoms with van der Waals surface area (Å²) in [6.45, 7) is 1.84. The van der Waals surface area contributed by atoms with Crippen molar-refractivity contribution in [1.29, 1.82) is 0 Å². The third-order valence-electron chi connectivity index (χ3n) is 6.07. The van der Waals surface area contributed by atoms with Crippen LogP contribution in [0.4, 0.5) is 4.79 Å². The van der Waals surface area contributed by atoms with Gasteiger partial charge in [-0.3, -0.25) is 24.5 Å². The molecule has 0 radical (unpaired) electrons. The maximum absolute atomic E-state index is 12.2. The zero-order valence-corrected chi connectivity index (χ0v) is 23.7. The smallest absolute Gasteiger partial charge is 0.326 e. The number of aromatic nitrogens is 2. The lowest BCUT2D eigenvalue weighted by molar-refractivity contribution is -0.140. The molecule has 2 heterocycles. The van der Waals surface area contributed by atoms with Gasteiger partial charge in [-0.15, -0.1) is 0 Å². The van der Waals surface area contributed by atoms with Gasteiger partial charge in [-0.05, 0) is 49.9 Å². The molecule has 2 rings (SSSR count). The van der Waals surface area contributed by atoms with Gasteiger partial charge >= 0.3 is 23.9 Å². The Morgan fingerprint density at radius 1 is 0.791 bits per heavy atom. The molecule has 2 aromatic rings. The highest BCUT2D eigenvalue weighted by Crippen LogP contribution is 2.07. The van der Waals surface area contributed by atoms with E-state index in [4.69, 9.17) is 14.9 Å². The molecule has 0 aromatic carbocycles. The maximum Gasteiger partial charge on any atom is 0.326 e. The Bertz CT molecular complexity index is 1130. The van der Waals surface area contributed by atoms with Crippen molar-refractivity contribution in [3.05, 3.63) is 60.2 Å². The Morgan fingerprint density at radius 3 is 1.88 bits per heavy atom. The lowest BCUT2D eigenvalue weighted by Gasteiger charge is -2.21. The average molecular weight is 603 g/mol. The molecule has 15 nitrogen and oxygen atoms in total. The van der Waals surface area contributed by atoms with Crippen LogP contribution in [0.5, 0.6) is 0 Å². The van der Waals surface area contributed by atoms with Gasteiger partial charge in [-0.25, -0.2) is 14.4 Å². The van der Waals surface area contributed by atoms with E-state index in [1.54, 1.807) is 12.4 Å². The molecule has 0 saturated heterocycles. The summed E-state index contributed by atoms with van der Waals surface area (Å²) in [4.78, 5) is 68.4. The monoisotopic (exact) mass is 602 g/mol. The van der Waals surface area contributed by atoms with Gasteiger partial charge in [-0.1, -0.05) is 12.1 Å². The van der Waals surface area contributed by atoms with Gasteiger partial charge in [0.2, 0.25) is 5.91 Å². The Hall–Kier alpha value is -4.63. The first-order valence-corrected chi connectivity index (χ1v) is 13.7. The van der Waals surface area contributed by atoms with Crippen LogP contribution in [0.1, 0.15) is 49.9 Å². The molecular formula is C28H38N6O9. The fraction of sp³-hybridized carbons (Fsp3) is 0.464. The molecule has 6 N–H and O–H groups in total. The number of carbonyl (C=O) groups excluding carboxylic acids is 2. The van der Waals surface area contributed by atoms with Crippen LogP contribution in [0.15, 0.2) is 48.8 Å². The molecular weight excluding hydrogens is 564 g/mol. The summed E-state index contributed by atoms with van der Waals surface area (Å²) >= 11 is 0. The molecule has 15 heteroatoms. The Morgan fingerprint density at radius 2 is 1.37 bits per heavy atom. The fourth-order valence-corrected chi connectivity index (χ4v) is 3.88. The number of pyridine rings is 2. The van der Waals surface area contributed by atoms with Crippen LogP contribution < -0.4 is 16.0 Å². The van der Waals surface area contributed by atoms with Gasteiger partial charge in [0.15, 0.2) is 0 Å². The summed E-state index contributed by atoms with van der Waals surface area (Å²) in [5.74, 6) is -4.20. The highest BCUT2D eigenvalue weighted by atomic mass is 16.5. The number of nitrogens with zero attached hydrogens (tertiary/aromatic N) is 3. The second-order valence-electron chi connectivity index (χ2n) is 9.59. The average Bonchev–Trinajstić information content (AvgIpc) is 2.97. The van der Waals surface area contributed by atoms with Crippen molar-refractivity contribution in [2.24, 2.45) is 0 Å². The molecule has 0 aliphatic rings. The number of carbonyl (C=O) groups is 5. The van der Waals surface area contributed by atoms with E-state index in [-0.39, 0.29) is 38.5 Å². The predicted molar refractivity (Wildman–Crippen MR) is 151 cm³/mol. The van der Waals surface area contributed by atoms with Crippen LogP contribution in [0.3, 0.4) is 0 Å². The van der Waals surface area contributed by atoms with Crippen molar-refractivity contribution in [2.75, 3.05) is 19.9 Å². The second kappa shape index (κ2) is 19.5. The molecule has 0 fully saturated rings. The van der Waals surface area contributed by atoms with E-state index in [1.165, 1.54) is 0 Å². The Labute approximate surface area is 248 Å². The SMILES string of the molecule is O=C(O)CC[C@H](NC(=O)N[C@@H](CCCCNC(=O)CCOCN(Cc1ccccn1)Cc1ccccn1)C(=O)O)C(=O)O. The fourth-order valence-electron chi connectivity index (χ4n) is 3.88. The highest BCUT2D eigenvalue weighted by molar-refractivity contribution is 5.86. The van der Waals surface area contributed by atoms with E-state index in [2.05, 4.69) is 25.9 Å². The lowest BCUT2D eigenvalue weighted by atomic mass is 10.1. The number of carboxylic acid groups (broad SMARTS) is 3. The summed E-state index contributed by atoms with van der Waals surface area (Å²) in [5, 5.41) is 34.2. The van der Waals surface area contributed by atoms with Gasteiger partial charge < -0.3 is 36.0 Å². The number of urea groups is 1. The first-order valence-electron chi connectivity index (χ1n) is 13.7. The van der Waals surface area contributed by atoms with Gasteiger partial charge in [0, 0.05) is 38.4 Å². The molecule has 0 aliphatic heterocycles. The lowest BCUT2D eigenvalue weighted by Crippen LogP contribution is -2.51. The van der Waals surface area contributed by atoms with Crippen LogP contribution in [-0.2, 0) is 37.0 Å². The van der Waals surface area contributed by atoms with Crippen molar-refractivity contribution < 1.29 is 44.0 Å². The number of rotatable bonds is 21. The third-order valence-corrected chi connectivity index (χ3v) is 6.07. The normalized spacial score (nSPS) is 12.2. The molecule has 234 valence electrons. The van der Waals surface area contributed by atoms with E-state index in [9.17, 15) is 29.1 Å². The van der Waals surface area contributed by atoms with E-state index in [1.807, 2.05) is 41.3 Å². The number of aliphatic carboxylic acids is 3. The number of unbranched alkanes of at least 4 members (excludes halogenated alkanes) is 1. The van der Waals surface area contributed by atoms with Crippen LogP contribution in [0.2, 0.25) is 0 Å². The van der Waals surface area contributed by atoms with Crippen molar-refractivity contribution in [3.8, 4) is 0 Å². The summed E-state index contributed by atoms with van der Waals surface area (Å²) in [7, 11) is 0. The van der Waals surface area contributed by atoms with Crippen molar-refractivity contribution in [2.45, 2.75) is 63.7 Å². The van der Waals surface area contributed by atoms with Crippen molar-refractivity contribution in [1.82, 2.24) is 30.8 Å². The quantitative estimate of drug-likeness (QED) is 0.0877. The first-order chi connectivity index (χ1) is 20.6. The molecule has 0 saturated carbocycles. The van der Waals surface area contributed by atoms with Gasteiger partial charge in [0.1, 0.15) is 12.1 Å². The topological polar surface area (TPSA) is 220 Å². The second-order valence-corrected chi connectivity index (χ2v) is 9.59. The Kier molecular flexibility index (Phi) is 15.7. The summed E-state index contributed by atoms with van der Waals surface area (Å²) in [6, 6.07) is 7.54. The van der Waals surface area contributed by atoms with Crippen LogP contribution in [-0.4, -0.2) is 92.0 Å². The number of ether oxygens (including phenoxy) is 1. The summed E-state index contributed by atoms with van der Waals surface area (Å²) < 4.78 is 5.73. The van der Waals surface area contributed by atoms with Crippen LogP contribution >= 0.6 is 0 Å². The third kappa shape index (κ3) is 15.2. The van der Waals surface area contributed by atoms with Gasteiger partial charge in [0.25, 0.3) is 0 Å². The molecule has 0 bridgehead atoms. The largest absolute Gasteiger partial charge is 0.481 e. The van der Waals surface area contributed by atoms with E-state index in [0.29, 0.717) is 32.5 Å². The molecule has 2 atom stereocenters. The minimum absolute atomic E-state index is 0.0387. The Balaban J connectivity index is 1.66. The summed E-state index contributed by atoms with van der Waals surface area (Å²) in [5.41, 5.74) is 1.75. The minimum atomic E-state index is -1.48. The molecule has 2 aromatic heterocycles. The molecule has 43 heavy (non-hydrogen) atoms. The first kappa shape index (κ1) is 34.6. The molecule has 0 aliphatic carbocycles. The van der Waals surface area contributed by atoms with E-state index >= 15 is 0 Å². The van der Waals surface area contributed by atoms with E-state index in [0.717, 1.165) is 11.4 Å². The van der Waals surface area contributed by atoms with Crippen molar-refractivity contribution >= 4 is 29.8 Å². The molecule has 3 amide bonds. The van der Waals surface area contributed by atoms with Gasteiger partial charge in [-0.2, -0.15) is 0 Å². The van der Waals surface area contributed by atoms with E-state index < -0.39 is 42.4 Å². The number of hydrogen-bond donors (Lipinski definition) is 6. The summed E-state index contributed by atoms with van der Waals surface area (Å²) in [6.07, 6.45) is 3.58. The standard InChI is InChI=1S/C28H38N6O9/c35-24(12-16-43-19-34(17-20-7-1-4-13-29-20)18-21-8-2-5-14-30-21)31-15-6-3-9-22(26(38)39)32-28(42)33-23(27(40)41)10-11-25(36)37/h1-2,4-5,7-8,13-14,22-23H,3,6,9-12,15-19H2,(H,31,35)(H,36,37)(H,38,39)(H,40,41)(H2,32,33,42)/t22-,23-/m0/s1. The van der Waals surface area contributed by atoms with Crippen LogP contribution in [0, 0.1) is 0 Å². The van der Waals surface area contributed by atoms with Gasteiger partial charge in [0.05, 0.1) is 31.1 Å². The molecule has 0 spiro atoms. The number of nitrogens with one attached hydrogen (secondary N) is 3. The van der Waals surface area contributed by atoms with Crippen LogP contribution in [0.25, 0.3) is 0 Å². The number of amides is 3. The number of carboxylic acids is 3. The highest BCUT2D eigenvalue weighted by Gasteiger charge is 2.24. The number of hydrogen-bond acceptors (Lipinski definition) is 9. The zero-order valence-electron chi connectivity index (χ0n) is 23.7. The molecule has 0 unspecified atom stereocenters. The minimum Gasteiger partial charge on any atom is -0.481 e. The maximum atomic E-state index is 12.2. The zero-order chi connectivity index (χ0) is 31.5.